The standard InChI is InChI=1S/C22H23N5O.C2H6/c1-4-14-10-19(27(18(14)5-2)12-13-6-7-13)21-25-17-11-15-16(8-9-23-22(15)28)24-20(17)26(21)3;1-2/h4-5,10-11,13H,1-2,6-9,12H2,3H3,(H,23,28);1-2H3. The Labute approximate surface area is 177 Å². The van der Waals surface area contributed by atoms with Gasteiger partial charge in [-0.3, -0.25) is 4.79 Å². The Kier molecular flexibility index (Phi) is 5.33. The van der Waals surface area contributed by atoms with Crippen molar-refractivity contribution in [2.45, 2.75) is 39.7 Å². The molecule has 1 amide bonds. The van der Waals surface area contributed by atoms with E-state index in [2.05, 4.69) is 29.1 Å². The van der Waals surface area contributed by atoms with Crippen molar-refractivity contribution in [1.29, 1.82) is 0 Å². The summed E-state index contributed by atoms with van der Waals surface area (Å²) < 4.78 is 4.33. The quantitative estimate of drug-likeness (QED) is 0.685. The lowest BCUT2D eigenvalue weighted by atomic mass is 10.1. The molecule has 5 rings (SSSR count). The lowest BCUT2D eigenvalue weighted by Crippen LogP contribution is -2.32. The summed E-state index contributed by atoms with van der Waals surface area (Å²) >= 11 is 0. The Balaban J connectivity index is 0.00000106. The molecule has 4 heterocycles. The lowest BCUT2D eigenvalue weighted by molar-refractivity contribution is 0.0945. The van der Waals surface area contributed by atoms with Crippen LogP contribution in [0.25, 0.3) is 34.8 Å². The monoisotopic (exact) mass is 403 g/mol. The van der Waals surface area contributed by atoms with Crippen molar-refractivity contribution >= 4 is 29.2 Å². The van der Waals surface area contributed by atoms with E-state index in [9.17, 15) is 4.79 Å². The van der Waals surface area contributed by atoms with Gasteiger partial charge in [-0.25, -0.2) is 9.97 Å². The summed E-state index contributed by atoms with van der Waals surface area (Å²) in [6.07, 6.45) is 7.05. The molecular formula is C24H29N5O. The maximum absolute atomic E-state index is 12.2. The molecule has 156 valence electrons. The largest absolute Gasteiger partial charge is 0.352 e. The van der Waals surface area contributed by atoms with Gasteiger partial charge in [-0.1, -0.05) is 33.1 Å². The molecule has 1 N–H and O–H groups in total. The average molecular weight is 404 g/mol. The van der Waals surface area contributed by atoms with Gasteiger partial charge in [0.25, 0.3) is 5.91 Å². The van der Waals surface area contributed by atoms with E-state index < -0.39 is 0 Å². The van der Waals surface area contributed by atoms with E-state index in [1.54, 1.807) is 0 Å². The van der Waals surface area contributed by atoms with E-state index >= 15 is 0 Å². The van der Waals surface area contributed by atoms with Gasteiger partial charge in [0.15, 0.2) is 11.5 Å². The number of carbonyl (C=O) groups is 1. The number of fused-ring (bicyclic) bond motifs is 2. The highest BCUT2D eigenvalue weighted by Crippen LogP contribution is 2.36. The highest BCUT2D eigenvalue weighted by molar-refractivity contribution is 5.99. The topological polar surface area (TPSA) is 64.7 Å². The molecule has 6 nitrogen and oxygen atoms in total. The van der Waals surface area contributed by atoms with Crippen LogP contribution in [0.5, 0.6) is 0 Å². The molecule has 6 heteroatoms. The molecule has 2 aliphatic rings. The Morgan fingerprint density at radius 1 is 1.20 bits per heavy atom. The SMILES string of the molecule is C=Cc1cc(-c2nc3cc4c(nc3n2C)CCNC4=O)n(CC2CC2)c1C=C.CC. The van der Waals surface area contributed by atoms with E-state index in [0.29, 0.717) is 18.0 Å². The van der Waals surface area contributed by atoms with Gasteiger partial charge < -0.3 is 14.5 Å². The normalized spacial score (nSPS) is 15.2. The summed E-state index contributed by atoms with van der Waals surface area (Å²) in [7, 11) is 1.99. The Morgan fingerprint density at radius 3 is 2.63 bits per heavy atom. The molecule has 1 saturated carbocycles. The van der Waals surface area contributed by atoms with Gasteiger partial charge in [-0.15, -0.1) is 0 Å². The van der Waals surface area contributed by atoms with Gasteiger partial charge in [0, 0.05) is 32.3 Å². The van der Waals surface area contributed by atoms with Crippen LogP contribution >= 0.6 is 0 Å². The zero-order valence-corrected chi connectivity index (χ0v) is 18.0. The minimum Gasteiger partial charge on any atom is -0.352 e. The van der Waals surface area contributed by atoms with Crippen molar-refractivity contribution in [2.24, 2.45) is 13.0 Å². The Morgan fingerprint density at radius 2 is 1.97 bits per heavy atom. The third kappa shape index (κ3) is 3.26. The molecule has 1 fully saturated rings. The number of hydrogen-bond donors (Lipinski definition) is 1. The van der Waals surface area contributed by atoms with Crippen LogP contribution in [-0.4, -0.2) is 31.6 Å². The van der Waals surface area contributed by atoms with Gasteiger partial charge in [-0.2, -0.15) is 0 Å². The van der Waals surface area contributed by atoms with Gasteiger partial charge in [0.05, 0.1) is 17.0 Å². The van der Waals surface area contributed by atoms with E-state index in [-0.39, 0.29) is 5.91 Å². The second-order valence-corrected chi connectivity index (χ2v) is 7.66. The van der Waals surface area contributed by atoms with Gasteiger partial charge in [0.2, 0.25) is 0 Å². The zero-order chi connectivity index (χ0) is 21.4. The Hall–Kier alpha value is -3.15. The zero-order valence-electron chi connectivity index (χ0n) is 18.0. The van der Waals surface area contributed by atoms with Crippen LogP contribution in [0.15, 0.2) is 25.3 Å². The molecule has 0 atom stereocenters. The first-order chi connectivity index (χ1) is 14.6. The molecule has 1 aliphatic heterocycles. The number of nitrogens with one attached hydrogen (secondary N) is 1. The van der Waals surface area contributed by atoms with Crippen LogP contribution in [0, 0.1) is 5.92 Å². The molecule has 0 saturated heterocycles. The van der Waals surface area contributed by atoms with Crippen LogP contribution in [0.3, 0.4) is 0 Å². The summed E-state index contributed by atoms with van der Waals surface area (Å²) in [6.45, 7) is 13.6. The van der Waals surface area contributed by atoms with Crippen LogP contribution in [0.1, 0.15) is 54.0 Å². The summed E-state index contributed by atoms with van der Waals surface area (Å²) in [6, 6.07) is 3.99. The molecule has 0 bridgehead atoms. The summed E-state index contributed by atoms with van der Waals surface area (Å²) in [5.41, 5.74) is 6.21. The van der Waals surface area contributed by atoms with Crippen LogP contribution in [0.2, 0.25) is 0 Å². The summed E-state index contributed by atoms with van der Waals surface area (Å²) in [4.78, 5) is 21.8. The fourth-order valence-corrected chi connectivity index (χ4v) is 4.07. The van der Waals surface area contributed by atoms with Crippen molar-refractivity contribution in [2.75, 3.05) is 6.54 Å². The van der Waals surface area contributed by atoms with Crippen molar-refractivity contribution < 1.29 is 4.79 Å². The van der Waals surface area contributed by atoms with Crippen LogP contribution in [-0.2, 0) is 20.0 Å². The lowest BCUT2D eigenvalue weighted by Gasteiger charge is -2.15. The second-order valence-electron chi connectivity index (χ2n) is 7.66. The number of carbonyl (C=O) groups excluding carboxylic acids is 1. The number of imidazole rings is 1. The van der Waals surface area contributed by atoms with Crippen molar-refractivity contribution in [1.82, 2.24) is 24.4 Å². The van der Waals surface area contributed by atoms with E-state index in [1.807, 2.05) is 43.7 Å². The third-order valence-electron chi connectivity index (χ3n) is 5.77. The number of aryl methyl sites for hydroxylation is 1. The van der Waals surface area contributed by atoms with E-state index in [0.717, 1.165) is 52.6 Å². The fourth-order valence-electron chi connectivity index (χ4n) is 4.07. The second kappa shape index (κ2) is 7.94. The molecule has 0 aromatic carbocycles. The summed E-state index contributed by atoms with van der Waals surface area (Å²) in [5.74, 6) is 1.50. The van der Waals surface area contributed by atoms with Gasteiger partial charge in [-0.05, 0) is 42.5 Å². The third-order valence-corrected chi connectivity index (χ3v) is 5.77. The molecule has 30 heavy (non-hydrogen) atoms. The molecule has 3 aromatic heterocycles. The van der Waals surface area contributed by atoms with Gasteiger partial charge >= 0.3 is 0 Å². The number of aromatic nitrogens is 4. The minimum absolute atomic E-state index is 0.0668. The number of rotatable bonds is 5. The molecule has 1 aliphatic carbocycles. The molecule has 3 aromatic rings. The molecule has 0 unspecified atom stereocenters. The fraction of sp³-hybridized carbons (Fsp3) is 0.375. The first-order valence-corrected chi connectivity index (χ1v) is 10.7. The number of hydrogen-bond acceptors (Lipinski definition) is 3. The first-order valence-electron chi connectivity index (χ1n) is 10.7. The minimum atomic E-state index is -0.0668. The van der Waals surface area contributed by atoms with Crippen molar-refractivity contribution in [3.05, 3.63) is 47.8 Å². The predicted molar refractivity (Wildman–Crippen MR) is 122 cm³/mol. The maximum atomic E-state index is 12.2. The highest BCUT2D eigenvalue weighted by Gasteiger charge is 2.27. The van der Waals surface area contributed by atoms with Crippen molar-refractivity contribution in [3.63, 3.8) is 0 Å². The summed E-state index contributed by atoms with van der Waals surface area (Å²) in [5, 5.41) is 2.88. The molecular weight excluding hydrogens is 374 g/mol. The maximum Gasteiger partial charge on any atom is 0.253 e. The predicted octanol–water partition coefficient (Wildman–Crippen LogP) is 4.44. The van der Waals surface area contributed by atoms with Crippen LogP contribution < -0.4 is 5.32 Å². The van der Waals surface area contributed by atoms with Gasteiger partial charge in [0.1, 0.15) is 5.52 Å². The van der Waals surface area contributed by atoms with Crippen LogP contribution in [0.4, 0.5) is 0 Å². The number of nitrogens with zero attached hydrogens (tertiary/aromatic N) is 4. The van der Waals surface area contributed by atoms with E-state index in [1.165, 1.54) is 12.8 Å². The van der Waals surface area contributed by atoms with E-state index in [4.69, 9.17) is 9.97 Å². The van der Waals surface area contributed by atoms with Crippen molar-refractivity contribution in [3.8, 4) is 11.5 Å². The molecule has 0 radical (unpaired) electrons. The highest BCUT2D eigenvalue weighted by atomic mass is 16.1. The smallest absolute Gasteiger partial charge is 0.253 e. The Bertz CT molecular complexity index is 1150. The number of pyridine rings is 1. The molecule has 0 spiro atoms. The first kappa shape index (κ1) is 20.1. The average Bonchev–Trinajstić information content (AvgIpc) is 3.44. The number of amides is 1.